The summed E-state index contributed by atoms with van der Waals surface area (Å²) in [6.45, 7) is 2.55. The zero-order valence-electron chi connectivity index (χ0n) is 16.2. The van der Waals surface area contributed by atoms with Gasteiger partial charge in [0.25, 0.3) is 5.91 Å². The number of rotatable bonds is 9. The number of carbonyl (C=O) groups excluding carboxylic acids is 2. The van der Waals surface area contributed by atoms with Crippen molar-refractivity contribution in [2.45, 2.75) is 19.9 Å². The second-order valence-electron chi connectivity index (χ2n) is 6.43. The number of anilines is 1. The molecule has 0 saturated carbocycles. The lowest BCUT2D eigenvalue weighted by Gasteiger charge is -2.06. The van der Waals surface area contributed by atoms with E-state index in [1.165, 1.54) is 16.9 Å². The lowest BCUT2D eigenvalue weighted by atomic mass is 10.2. The van der Waals surface area contributed by atoms with Gasteiger partial charge in [-0.25, -0.2) is 9.78 Å². The molecule has 1 amide bonds. The first kappa shape index (κ1) is 20.5. The zero-order valence-corrected chi connectivity index (χ0v) is 17.0. The summed E-state index contributed by atoms with van der Waals surface area (Å²) in [5, 5.41) is 6.63. The fraction of sp³-hybridized carbons (Fsp3) is 0.227. The number of benzene rings is 2. The number of hydrogen-bond donors (Lipinski definition) is 2. The number of ether oxygens (including phenoxy) is 1. The van der Waals surface area contributed by atoms with Crippen LogP contribution in [0.1, 0.15) is 26.5 Å². The predicted octanol–water partition coefficient (Wildman–Crippen LogP) is 3.58. The number of esters is 1. The molecule has 0 aliphatic rings. The number of nitrogens with zero attached hydrogens (tertiary/aromatic N) is 1. The molecule has 3 aromatic rings. The smallest absolute Gasteiger partial charge is 0.350 e. The molecule has 2 N–H and O–H groups in total. The monoisotopic (exact) mass is 409 g/mol. The van der Waals surface area contributed by atoms with Crippen LogP contribution in [0.4, 0.5) is 5.13 Å². The zero-order chi connectivity index (χ0) is 20.5. The Kier molecular flexibility index (Phi) is 7.35. The topological polar surface area (TPSA) is 80.3 Å². The second kappa shape index (κ2) is 10.4. The molecule has 0 unspecified atom stereocenters. The number of aryl methyl sites for hydroxylation is 1. The molecule has 7 heteroatoms. The van der Waals surface area contributed by atoms with Gasteiger partial charge in [-0.2, -0.15) is 0 Å². The van der Waals surface area contributed by atoms with Gasteiger partial charge in [-0.15, -0.1) is 0 Å². The molecule has 0 saturated heterocycles. The molecule has 0 bridgehead atoms. The molecule has 29 heavy (non-hydrogen) atoms. The Balaban J connectivity index is 1.43. The SMILES string of the molecule is Cc1nc(NCCc2ccccc2)sc1C(=O)OCC(=O)NCc1ccccc1. The normalized spacial score (nSPS) is 10.4. The van der Waals surface area contributed by atoms with Crippen LogP contribution in [0, 0.1) is 6.92 Å². The highest BCUT2D eigenvalue weighted by Gasteiger charge is 2.18. The Labute approximate surface area is 173 Å². The van der Waals surface area contributed by atoms with Crippen molar-refractivity contribution in [3.8, 4) is 0 Å². The first-order valence-electron chi connectivity index (χ1n) is 9.35. The van der Waals surface area contributed by atoms with E-state index in [4.69, 9.17) is 4.74 Å². The Morgan fingerprint density at radius 2 is 1.66 bits per heavy atom. The van der Waals surface area contributed by atoms with Gasteiger partial charge in [-0.05, 0) is 24.5 Å². The highest BCUT2D eigenvalue weighted by molar-refractivity contribution is 7.17. The average Bonchev–Trinajstić information content (AvgIpc) is 3.12. The van der Waals surface area contributed by atoms with Gasteiger partial charge in [0.2, 0.25) is 0 Å². The number of aromatic nitrogens is 1. The van der Waals surface area contributed by atoms with Gasteiger partial charge in [-0.3, -0.25) is 4.79 Å². The fourth-order valence-electron chi connectivity index (χ4n) is 2.66. The molecule has 0 fully saturated rings. The number of amides is 1. The molecular formula is C22H23N3O3S. The first-order valence-corrected chi connectivity index (χ1v) is 10.2. The third-order valence-corrected chi connectivity index (χ3v) is 5.28. The molecule has 0 radical (unpaired) electrons. The maximum atomic E-state index is 12.3. The fourth-order valence-corrected chi connectivity index (χ4v) is 3.55. The van der Waals surface area contributed by atoms with Crippen LogP contribution >= 0.6 is 11.3 Å². The summed E-state index contributed by atoms with van der Waals surface area (Å²) in [6.07, 6.45) is 0.862. The van der Waals surface area contributed by atoms with E-state index in [1.807, 2.05) is 48.5 Å². The summed E-state index contributed by atoms with van der Waals surface area (Å²) in [6, 6.07) is 19.7. The van der Waals surface area contributed by atoms with Crippen LogP contribution in [0.5, 0.6) is 0 Å². The summed E-state index contributed by atoms with van der Waals surface area (Å²) in [5.74, 6) is -0.878. The van der Waals surface area contributed by atoms with Crippen LogP contribution in [-0.2, 0) is 22.5 Å². The Morgan fingerprint density at radius 1 is 1.00 bits per heavy atom. The standard InChI is InChI=1S/C22H23N3O3S/c1-16-20(29-22(25-16)23-13-12-17-8-4-2-5-9-17)21(27)28-15-19(26)24-14-18-10-6-3-7-11-18/h2-11H,12-15H2,1H3,(H,23,25)(H,24,26). The van der Waals surface area contributed by atoms with E-state index in [0.29, 0.717) is 28.8 Å². The minimum atomic E-state index is -0.536. The number of carbonyl (C=O) groups is 2. The third-order valence-electron chi connectivity index (χ3n) is 4.18. The predicted molar refractivity (Wildman–Crippen MR) is 114 cm³/mol. The van der Waals surface area contributed by atoms with Crippen LogP contribution in [0.2, 0.25) is 0 Å². The van der Waals surface area contributed by atoms with Gasteiger partial charge in [0.05, 0.1) is 5.69 Å². The third kappa shape index (κ3) is 6.43. The summed E-state index contributed by atoms with van der Waals surface area (Å²) >= 11 is 1.24. The van der Waals surface area contributed by atoms with Crippen molar-refractivity contribution in [3.05, 3.63) is 82.4 Å². The van der Waals surface area contributed by atoms with Crippen molar-refractivity contribution < 1.29 is 14.3 Å². The molecule has 1 heterocycles. The van der Waals surface area contributed by atoms with E-state index in [0.717, 1.165) is 12.0 Å². The van der Waals surface area contributed by atoms with Gasteiger partial charge in [0.1, 0.15) is 4.88 Å². The molecular weight excluding hydrogens is 386 g/mol. The van der Waals surface area contributed by atoms with Crippen molar-refractivity contribution >= 4 is 28.3 Å². The minimum Gasteiger partial charge on any atom is -0.451 e. The van der Waals surface area contributed by atoms with Crippen LogP contribution in [0.25, 0.3) is 0 Å². The van der Waals surface area contributed by atoms with Gasteiger partial charge < -0.3 is 15.4 Å². The minimum absolute atomic E-state index is 0.320. The molecule has 2 aromatic carbocycles. The van der Waals surface area contributed by atoms with Crippen molar-refractivity contribution in [2.75, 3.05) is 18.5 Å². The lowest BCUT2D eigenvalue weighted by molar-refractivity contribution is -0.124. The number of nitrogens with one attached hydrogen (secondary N) is 2. The van der Waals surface area contributed by atoms with Crippen LogP contribution in [0.15, 0.2) is 60.7 Å². The average molecular weight is 410 g/mol. The van der Waals surface area contributed by atoms with Gasteiger partial charge >= 0.3 is 5.97 Å². The molecule has 6 nitrogen and oxygen atoms in total. The molecule has 0 aliphatic carbocycles. The van der Waals surface area contributed by atoms with E-state index in [2.05, 4.69) is 27.8 Å². The Bertz CT molecular complexity index is 942. The van der Waals surface area contributed by atoms with Crippen LogP contribution in [-0.4, -0.2) is 30.0 Å². The summed E-state index contributed by atoms with van der Waals surface area (Å²) < 4.78 is 5.14. The molecule has 3 rings (SSSR count). The maximum absolute atomic E-state index is 12.3. The molecule has 1 aromatic heterocycles. The van der Waals surface area contributed by atoms with Crippen LogP contribution < -0.4 is 10.6 Å². The maximum Gasteiger partial charge on any atom is 0.350 e. The van der Waals surface area contributed by atoms with E-state index < -0.39 is 5.97 Å². The Hall–Kier alpha value is -3.19. The quantitative estimate of drug-likeness (QED) is 0.528. The van der Waals surface area contributed by atoms with Crippen molar-refractivity contribution in [3.63, 3.8) is 0 Å². The van der Waals surface area contributed by atoms with E-state index in [1.54, 1.807) is 6.92 Å². The second-order valence-corrected chi connectivity index (χ2v) is 7.43. The molecule has 0 atom stereocenters. The van der Waals surface area contributed by atoms with Crippen molar-refractivity contribution in [1.82, 2.24) is 10.3 Å². The van der Waals surface area contributed by atoms with Crippen molar-refractivity contribution in [2.24, 2.45) is 0 Å². The van der Waals surface area contributed by atoms with Crippen molar-refractivity contribution in [1.29, 1.82) is 0 Å². The summed E-state index contributed by atoms with van der Waals surface area (Å²) in [7, 11) is 0. The lowest BCUT2D eigenvalue weighted by Crippen LogP contribution is -2.28. The highest BCUT2D eigenvalue weighted by Crippen LogP contribution is 2.23. The van der Waals surface area contributed by atoms with Gasteiger partial charge in [0.15, 0.2) is 11.7 Å². The van der Waals surface area contributed by atoms with Crippen LogP contribution in [0.3, 0.4) is 0 Å². The number of thiazole rings is 1. The largest absolute Gasteiger partial charge is 0.451 e. The van der Waals surface area contributed by atoms with E-state index in [-0.39, 0.29) is 12.5 Å². The molecule has 0 aliphatic heterocycles. The first-order chi connectivity index (χ1) is 14.1. The molecule has 0 spiro atoms. The summed E-state index contributed by atoms with van der Waals surface area (Å²) in [4.78, 5) is 29.0. The number of hydrogen-bond acceptors (Lipinski definition) is 6. The van der Waals surface area contributed by atoms with E-state index in [9.17, 15) is 9.59 Å². The highest BCUT2D eigenvalue weighted by atomic mass is 32.1. The van der Waals surface area contributed by atoms with Gasteiger partial charge in [0, 0.05) is 13.1 Å². The summed E-state index contributed by atoms with van der Waals surface area (Å²) in [5.41, 5.74) is 2.80. The van der Waals surface area contributed by atoms with E-state index >= 15 is 0 Å². The Morgan fingerprint density at radius 3 is 2.34 bits per heavy atom. The van der Waals surface area contributed by atoms with Gasteiger partial charge in [-0.1, -0.05) is 72.0 Å². The molecule has 150 valence electrons.